The first-order valence-electron chi connectivity index (χ1n) is 11.0. The third-order valence-corrected chi connectivity index (χ3v) is 7.05. The molecule has 1 saturated heterocycles. The van der Waals surface area contributed by atoms with Crippen molar-refractivity contribution in [3.8, 4) is 11.4 Å². The number of benzene rings is 2. The van der Waals surface area contributed by atoms with Gasteiger partial charge in [-0.25, -0.2) is 9.18 Å². The molecule has 1 unspecified atom stereocenters. The second-order valence-corrected chi connectivity index (χ2v) is 9.31. The van der Waals surface area contributed by atoms with Gasteiger partial charge in [0, 0.05) is 29.4 Å². The molecule has 6 nitrogen and oxygen atoms in total. The molecule has 3 heterocycles. The monoisotopic (exact) mass is 465 g/mol. The molecule has 170 valence electrons. The van der Waals surface area contributed by atoms with Crippen LogP contribution in [0.4, 0.5) is 4.39 Å². The molecule has 0 amide bonds. The molecule has 1 fully saturated rings. The third-order valence-electron chi connectivity index (χ3n) is 6.03. The van der Waals surface area contributed by atoms with Crippen LogP contribution in [0.5, 0.6) is 0 Å². The summed E-state index contributed by atoms with van der Waals surface area (Å²) in [6, 6.07) is 11.8. The molecule has 5 rings (SSSR count). The van der Waals surface area contributed by atoms with Crippen LogP contribution in [0.15, 0.2) is 56.8 Å². The van der Waals surface area contributed by atoms with Gasteiger partial charge in [-0.2, -0.15) is 0 Å². The van der Waals surface area contributed by atoms with Gasteiger partial charge in [-0.1, -0.05) is 11.8 Å². The van der Waals surface area contributed by atoms with E-state index in [4.69, 9.17) is 9.15 Å². The molecule has 33 heavy (non-hydrogen) atoms. The van der Waals surface area contributed by atoms with Crippen molar-refractivity contribution in [1.29, 1.82) is 0 Å². The Bertz CT molecular complexity index is 1360. The zero-order valence-corrected chi connectivity index (χ0v) is 19.3. The van der Waals surface area contributed by atoms with Crippen molar-refractivity contribution in [2.45, 2.75) is 50.2 Å². The van der Waals surface area contributed by atoms with E-state index in [1.54, 1.807) is 18.2 Å². The number of aryl methyl sites for hydroxylation is 2. The minimum atomic E-state index is -0.367. The zero-order valence-electron chi connectivity index (χ0n) is 18.5. The van der Waals surface area contributed by atoms with E-state index in [0.29, 0.717) is 23.7 Å². The van der Waals surface area contributed by atoms with Gasteiger partial charge in [0.25, 0.3) is 0 Å². The summed E-state index contributed by atoms with van der Waals surface area (Å²) in [5.41, 5.74) is 4.14. The topological polar surface area (TPSA) is 70.2 Å². The Morgan fingerprint density at radius 2 is 1.91 bits per heavy atom. The maximum Gasteiger partial charge on any atom is 0.336 e. The van der Waals surface area contributed by atoms with Crippen LogP contribution in [0.2, 0.25) is 0 Å². The fourth-order valence-corrected chi connectivity index (χ4v) is 5.05. The number of aromatic nitrogens is 3. The van der Waals surface area contributed by atoms with E-state index in [-0.39, 0.29) is 17.5 Å². The number of thioether (sulfide) groups is 1. The molecule has 1 atom stereocenters. The number of fused-ring (bicyclic) bond motifs is 1. The summed E-state index contributed by atoms with van der Waals surface area (Å²) in [6.07, 6.45) is 2.11. The first-order chi connectivity index (χ1) is 16.0. The average molecular weight is 466 g/mol. The van der Waals surface area contributed by atoms with Crippen molar-refractivity contribution >= 4 is 22.7 Å². The molecule has 0 bridgehead atoms. The minimum Gasteiger partial charge on any atom is -0.423 e. The van der Waals surface area contributed by atoms with Crippen LogP contribution in [-0.4, -0.2) is 27.5 Å². The van der Waals surface area contributed by atoms with Gasteiger partial charge in [0.1, 0.15) is 11.4 Å². The summed E-state index contributed by atoms with van der Waals surface area (Å²) in [5, 5.41) is 10.5. The highest BCUT2D eigenvalue weighted by Gasteiger charge is 2.22. The van der Waals surface area contributed by atoms with E-state index in [0.717, 1.165) is 52.2 Å². The van der Waals surface area contributed by atoms with Gasteiger partial charge in [-0.15, -0.1) is 10.2 Å². The standard InChI is InChI=1S/C25H24FN3O3S/c1-15-10-21-18(12-23(30)32-22(21)11-16(15)2)14-33-25-28-27-24(17-5-7-19(26)8-6-17)29(25)13-20-4-3-9-31-20/h5-8,10-12,20H,3-4,9,13-14H2,1-2H3. The molecule has 0 saturated carbocycles. The summed E-state index contributed by atoms with van der Waals surface area (Å²) >= 11 is 1.51. The Morgan fingerprint density at radius 1 is 1.12 bits per heavy atom. The van der Waals surface area contributed by atoms with E-state index in [9.17, 15) is 9.18 Å². The van der Waals surface area contributed by atoms with Crippen LogP contribution < -0.4 is 5.63 Å². The van der Waals surface area contributed by atoms with Gasteiger partial charge < -0.3 is 9.15 Å². The van der Waals surface area contributed by atoms with Gasteiger partial charge in [-0.05, 0) is 79.8 Å². The smallest absolute Gasteiger partial charge is 0.336 e. The molecule has 2 aromatic carbocycles. The van der Waals surface area contributed by atoms with Crippen molar-refractivity contribution in [3.05, 3.63) is 75.4 Å². The quantitative estimate of drug-likeness (QED) is 0.285. The van der Waals surface area contributed by atoms with Crippen LogP contribution in [0, 0.1) is 19.7 Å². The lowest BCUT2D eigenvalue weighted by Gasteiger charge is -2.15. The first-order valence-corrected chi connectivity index (χ1v) is 11.9. The molecule has 0 aliphatic carbocycles. The fourth-order valence-electron chi connectivity index (χ4n) is 4.11. The SMILES string of the molecule is Cc1cc2oc(=O)cc(CSc3nnc(-c4ccc(F)cc4)n3CC3CCCO3)c2cc1C. The van der Waals surface area contributed by atoms with Gasteiger partial charge >= 0.3 is 5.63 Å². The molecule has 1 aliphatic heterocycles. The molecule has 4 aromatic rings. The normalized spacial score (nSPS) is 16.0. The Kier molecular flexibility index (Phi) is 6.03. The second kappa shape index (κ2) is 9.11. The van der Waals surface area contributed by atoms with E-state index in [1.165, 1.54) is 23.9 Å². The molecule has 2 aromatic heterocycles. The highest BCUT2D eigenvalue weighted by atomic mass is 32.2. The predicted molar refractivity (Wildman–Crippen MR) is 126 cm³/mol. The lowest BCUT2D eigenvalue weighted by atomic mass is 10.0. The zero-order chi connectivity index (χ0) is 22.9. The lowest BCUT2D eigenvalue weighted by molar-refractivity contribution is 0.0953. The van der Waals surface area contributed by atoms with Gasteiger partial charge in [0.2, 0.25) is 0 Å². The highest BCUT2D eigenvalue weighted by molar-refractivity contribution is 7.98. The Balaban J connectivity index is 1.49. The van der Waals surface area contributed by atoms with Crippen LogP contribution >= 0.6 is 11.8 Å². The summed E-state index contributed by atoms with van der Waals surface area (Å²) in [4.78, 5) is 12.2. The van der Waals surface area contributed by atoms with Crippen molar-refractivity contribution in [2.24, 2.45) is 0 Å². The summed E-state index contributed by atoms with van der Waals surface area (Å²) in [5.74, 6) is 0.924. The summed E-state index contributed by atoms with van der Waals surface area (Å²) < 4.78 is 26.8. The molecular weight excluding hydrogens is 441 g/mol. The number of ether oxygens (including phenoxy) is 1. The first kappa shape index (κ1) is 21.9. The van der Waals surface area contributed by atoms with Crippen LogP contribution in [0.25, 0.3) is 22.4 Å². The Labute approximate surface area is 194 Å². The van der Waals surface area contributed by atoms with Gasteiger partial charge in [0.05, 0.1) is 12.6 Å². The maximum atomic E-state index is 13.5. The van der Waals surface area contributed by atoms with Crippen molar-refractivity contribution < 1.29 is 13.5 Å². The maximum absolute atomic E-state index is 13.5. The van der Waals surface area contributed by atoms with E-state index in [2.05, 4.69) is 16.3 Å². The van der Waals surface area contributed by atoms with E-state index >= 15 is 0 Å². The van der Waals surface area contributed by atoms with Crippen molar-refractivity contribution in [2.75, 3.05) is 6.61 Å². The molecular formula is C25H24FN3O3S. The van der Waals surface area contributed by atoms with Crippen molar-refractivity contribution in [1.82, 2.24) is 14.8 Å². The lowest BCUT2D eigenvalue weighted by Crippen LogP contribution is -2.16. The minimum absolute atomic E-state index is 0.0924. The number of hydrogen-bond acceptors (Lipinski definition) is 6. The fraction of sp³-hybridized carbons (Fsp3) is 0.320. The van der Waals surface area contributed by atoms with E-state index in [1.807, 2.05) is 24.5 Å². The van der Waals surface area contributed by atoms with Gasteiger partial charge in [0.15, 0.2) is 11.0 Å². The average Bonchev–Trinajstić information content (AvgIpc) is 3.44. The number of nitrogens with zero attached hydrogens (tertiary/aromatic N) is 3. The van der Waals surface area contributed by atoms with E-state index < -0.39 is 0 Å². The Morgan fingerprint density at radius 3 is 2.67 bits per heavy atom. The van der Waals surface area contributed by atoms with Crippen LogP contribution in [-0.2, 0) is 17.0 Å². The van der Waals surface area contributed by atoms with Gasteiger partial charge in [-0.3, -0.25) is 4.57 Å². The van der Waals surface area contributed by atoms with Crippen LogP contribution in [0.1, 0.15) is 29.5 Å². The third kappa shape index (κ3) is 4.58. The predicted octanol–water partition coefficient (Wildman–Crippen LogP) is 5.28. The number of rotatable bonds is 6. The van der Waals surface area contributed by atoms with Crippen molar-refractivity contribution in [3.63, 3.8) is 0 Å². The molecule has 1 aliphatic rings. The summed E-state index contributed by atoms with van der Waals surface area (Å²) in [6.45, 7) is 5.43. The number of halogens is 1. The largest absolute Gasteiger partial charge is 0.423 e. The summed E-state index contributed by atoms with van der Waals surface area (Å²) in [7, 11) is 0. The highest BCUT2D eigenvalue weighted by Crippen LogP contribution is 2.31. The Hall–Kier alpha value is -2.97. The molecule has 0 radical (unpaired) electrons. The number of hydrogen-bond donors (Lipinski definition) is 0. The molecule has 0 N–H and O–H groups in total. The molecule has 0 spiro atoms. The van der Waals surface area contributed by atoms with Crippen LogP contribution in [0.3, 0.4) is 0 Å². The second-order valence-electron chi connectivity index (χ2n) is 8.37. The molecule has 8 heteroatoms.